The highest BCUT2D eigenvalue weighted by Crippen LogP contribution is 2.19. The molecule has 5 heteroatoms. The summed E-state index contributed by atoms with van der Waals surface area (Å²) in [5.74, 6) is 0. The lowest BCUT2D eigenvalue weighted by atomic mass is 10.0. The van der Waals surface area contributed by atoms with Crippen molar-refractivity contribution in [3.05, 3.63) is 0 Å². The molecule has 0 aliphatic rings. The molecule has 0 aliphatic carbocycles. The first-order valence-electron chi connectivity index (χ1n) is 12.5. The molecule has 0 aromatic rings. The molecule has 0 bridgehead atoms. The van der Waals surface area contributed by atoms with Crippen molar-refractivity contribution in [2.75, 3.05) is 0 Å². The summed E-state index contributed by atoms with van der Waals surface area (Å²) in [6.45, 7) is 4.06. The van der Waals surface area contributed by atoms with Crippen LogP contribution in [0.2, 0.25) is 0 Å². The van der Waals surface area contributed by atoms with Gasteiger partial charge in [0.1, 0.15) is 0 Å². The van der Waals surface area contributed by atoms with E-state index in [9.17, 15) is 18.1 Å². The van der Waals surface area contributed by atoms with Crippen LogP contribution in [0.3, 0.4) is 0 Å². The second kappa shape index (κ2) is 19.8. The van der Waals surface area contributed by atoms with Crippen LogP contribution in [-0.4, -0.2) is 29.4 Å². The average molecular weight is 435 g/mol. The monoisotopic (exact) mass is 434 g/mol. The molecule has 4 nitrogen and oxygen atoms in total. The summed E-state index contributed by atoms with van der Waals surface area (Å²) in [5.41, 5.74) is 0. The first-order valence-corrected chi connectivity index (χ1v) is 14.0. The van der Waals surface area contributed by atoms with Gasteiger partial charge in [0, 0.05) is 0 Å². The van der Waals surface area contributed by atoms with Crippen molar-refractivity contribution in [3.8, 4) is 0 Å². The van der Waals surface area contributed by atoms with Gasteiger partial charge >= 0.3 is 0 Å². The van der Waals surface area contributed by atoms with Gasteiger partial charge in [-0.3, -0.25) is 4.55 Å². The highest BCUT2D eigenvalue weighted by molar-refractivity contribution is 7.86. The van der Waals surface area contributed by atoms with Gasteiger partial charge in [-0.1, -0.05) is 116 Å². The van der Waals surface area contributed by atoms with Gasteiger partial charge < -0.3 is 5.11 Å². The van der Waals surface area contributed by atoms with E-state index in [-0.39, 0.29) is 6.10 Å². The number of unbranched alkanes of at least 4 members (excludes halogenated alkanes) is 15. The Kier molecular flexibility index (Phi) is 19.7. The van der Waals surface area contributed by atoms with Crippen LogP contribution in [0.5, 0.6) is 0 Å². The standard InChI is InChI=1S/C24H50O4S/c1-3-4-5-6-7-8-9-10-11-12-15-18-21-24(29(26,27)28)22-19-16-13-14-17-20-23(2)25/h23-25H,3-22H2,1-2H3,(H,26,27,28). The molecule has 0 spiro atoms. The van der Waals surface area contributed by atoms with E-state index in [0.29, 0.717) is 12.8 Å². The molecule has 0 saturated carbocycles. The molecule has 29 heavy (non-hydrogen) atoms. The van der Waals surface area contributed by atoms with Crippen molar-refractivity contribution in [3.63, 3.8) is 0 Å². The molecule has 0 rings (SSSR count). The van der Waals surface area contributed by atoms with Gasteiger partial charge in [0.15, 0.2) is 0 Å². The minimum Gasteiger partial charge on any atom is -0.393 e. The zero-order valence-corrected chi connectivity index (χ0v) is 20.2. The molecule has 0 amide bonds. The van der Waals surface area contributed by atoms with Crippen molar-refractivity contribution in [1.29, 1.82) is 0 Å². The third-order valence-electron chi connectivity index (χ3n) is 5.95. The van der Waals surface area contributed by atoms with E-state index in [4.69, 9.17) is 0 Å². The van der Waals surface area contributed by atoms with Crippen molar-refractivity contribution in [2.45, 2.75) is 154 Å². The number of rotatable bonds is 22. The van der Waals surface area contributed by atoms with Gasteiger partial charge in [0.2, 0.25) is 0 Å². The Morgan fingerprint density at radius 2 is 0.897 bits per heavy atom. The maximum atomic E-state index is 11.6. The predicted octanol–water partition coefficient (Wildman–Crippen LogP) is 7.45. The fourth-order valence-corrected chi connectivity index (χ4v) is 4.93. The minimum atomic E-state index is -3.92. The Balaban J connectivity index is 3.63. The maximum Gasteiger partial charge on any atom is 0.267 e. The van der Waals surface area contributed by atoms with E-state index in [0.717, 1.165) is 51.4 Å². The molecule has 0 aliphatic heterocycles. The molecule has 0 fully saturated rings. The number of hydrogen-bond donors (Lipinski definition) is 2. The van der Waals surface area contributed by atoms with Crippen molar-refractivity contribution in [1.82, 2.24) is 0 Å². The summed E-state index contributed by atoms with van der Waals surface area (Å²) in [6, 6.07) is 0. The quantitative estimate of drug-likeness (QED) is 0.137. The Labute approximate surface area is 182 Å². The minimum absolute atomic E-state index is 0.227. The summed E-state index contributed by atoms with van der Waals surface area (Å²) in [7, 11) is -3.92. The summed E-state index contributed by atoms with van der Waals surface area (Å²) >= 11 is 0. The SMILES string of the molecule is CCCCCCCCCCCCCCC(CCCCCCCC(C)O)S(=O)(=O)O. The average Bonchev–Trinajstić information content (AvgIpc) is 2.65. The van der Waals surface area contributed by atoms with Crippen LogP contribution in [0.25, 0.3) is 0 Å². The van der Waals surface area contributed by atoms with Crippen LogP contribution >= 0.6 is 0 Å². The molecule has 0 aromatic heterocycles. The molecule has 2 unspecified atom stereocenters. The van der Waals surface area contributed by atoms with Crippen LogP contribution in [-0.2, 0) is 10.1 Å². The fraction of sp³-hybridized carbons (Fsp3) is 1.00. The van der Waals surface area contributed by atoms with Gasteiger partial charge in [-0.25, -0.2) is 0 Å². The first-order chi connectivity index (χ1) is 13.9. The molecule has 0 aromatic carbocycles. The highest BCUT2D eigenvalue weighted by atomic mass is 32.2. The summed E-state index contributed by atoms with van der Waals surface area (Å²) < 4.78 is 32.8. The van der Waals surface area contributed by atoms with E-state index in [1.165, 1.54) is 64.2 Å². The van der Waals surface area contributed by atoms with Crippen LogP contribution in [0, 0.1) is 0 Å². The normalized spacial score (nSPS) is 14.2. The van der Waals surface area contributed by atoms with Crippen LogP contribution in [0.4, 0.5) is 0 Å². The smallest absolute Gasteiger partial charge is 0.267 e. The highest BCUT2D eigenvalue weighted by Gasteiger charge is 2.21. The Hall–Kier alpha value is -0.130. The molecule has 0 radical (unpaired) electrons. The lowest BCUT2D eigenvalue weighted by Gasteiger charge is -2.14. The van der Waals surface area contributed by atoms with Crippen molar-refractivity contribution >= 4 is 10.1 Å². The molecular weight excluding hydrogens is 384 g/mol. The van der Waals surface area contributed by atoms with Crippen molar-refractivity contribution < 1.29 is 18.1 Å². The molecule has 0 heterocycles. The fourth-order valence-electron chi connectivity index (χ4n) is 4.00. The Morgan fingerprint density at radius 3 is 1.21 bits per heavy atom. The van der Waals surface area contributed by atoms with Crippen LogP contribution < -0.4 is 0 Å². The zero-order chi connectivity index (χ0) is 21.8. The largest absolute Gasteiger partial charge is 0.393 e. The lowest BCUT2D eigenvalue weighted by molar-refractivity contribution is 0.180. The zero-order valence-electron chi connectivity index (χ0n) is 19.4. The Morgan fingerprint density at radius 1 is 0.586 bits per heavy atom. The van der Waals surface area contributed by atoms with E-state index < -0.39 is 15.4 Å². The van der Waals surface area contributed by atoms with Gasteiger partial charge in [-0.2, -0.15) is 8.42 Å². The van der Waals surface area contributed by atoms with Gasteiger partial charge in [0.25, 0.3) is 10.1 Å². The first kappa shape index (κ1) is 28.9. The van der Waals surface area contributed by atoms with E-state index >= 15 is 0 Å². The van der Waals surface area contributed by atoms with E-state index in [2.05, 4.69) is 6.92 Å². The summed E-state index contributed by atoms with van der Waals surface area (Å²) in [4.78, 5) is 0. The van der Waals surface area contributed by atoms with Crippen molar-refractivity contribution in [2.24, 2.45) is 0 Å². The Bertz CT molecular complexity index is 434. The van der Waals surface area contributed by atoms with Gasteiger partial charge in [-0.05, 0) is 26.2 Å². The topological polar surface area (TPSA) is 74.6 Å². The van der Waals surface area contributed by atoms with E-state index in [1.54, 1.807) is 0 Å². The van der Waals surface area contributed by atoms with Gasteiger partial charge in [-0.15, -0.1) is 0 Å². The number of hydrogen-bond acceptors (Lipinski definition) is 3. The molecule has 2 N–H and O–H groups in total. The number of aliphatic hydroxyl groups excluding tert-OH is 1. The van der Waals surface area contributed by atoms with E-state index in [1.807, 2.05) is 6.92 Å². The third kappa shape index (κ3) is 20.9. The molecule has 0 saturated heterocycles. The second-order valence-corrected chi connectivity index (χ2v) is 10.7. The van der Waals surface area contributed by atoms with Crippen LogP contribution in [0.15, 0.2) is 0 Å². The molecule has 176 valence electrons. The third-order valence-corrected chi connectivity index (χ3v) is 7.26. The molecule has 2 atom stereocenters. The second-order valence-electron chi connectivity index (χ2n) is 9.01. The lowest BCUT2D eigenvalue weighted by Crippen LogP contribution is -2.20. The maximum absolute atomic E-state index is 11.6. The van der Waals surface area contributed by atoms with Crippen LogP contribution in [0.1, 0.15) is 142 Å². The number of aliphatic hydroxyl groups is 1. The predicted molar refractivity (Wildman–Crippen MR) is 125 cm³/mol. The summed E-state index contributed by atoms with van der Waals surface area (Å²) in [6.07, 6.45) is 22.0. The molecular formula is C24H50O4S. The summed E-state index contributed by atoms with van der Waals surface area (Å²) in [5, 5.41) is 8.65. The van der Waals surface area contributed by atoms with Gasteiger partial charge in [0.05, 0.1) is 11.4 Å².